The molecule has 146 valence electrons. The Morgan fingerprint density at radius 2 is 1.96 bits per heavy atom. The lowest BCUT2D eigenvalue weighted by atomic mass is 10.2. The van der Waals surface area contributed by atoms with E-state index < -0.39 is 0 Å². The molecule has 0 unspecified atom stereocenters. The van der Waals surface area contributed by atoms with E-state index in [1.165, 1.54) is 0 Å². The summed E-state index contributed by atoms with van der Waals surface area (Å²) >= 11 is 0. The molecule has 1 aliphatic heterocycles. The summed E-state index contributed by atoms with van der Waals surface area (Å²) in [6, 6.07) is 13.8. The van der Waals surface area contributed by atoms with Gasteiger partial charge in [0, 0.05) is 31.1 Å². The highest BCUT2D eigenvalue weighted by Crippen LogP contribution is 2.22. The summed E-state index contributed by atoms with van der Waals surface area (Å²) in [5.41, 5.74) is 2.84. The van der Waals surface area contributed by atoms with Gasteiger partial charge in [-0.3, -0.25) is 0 Å². The second-order valence-corrected chi connectivity index (χ2v) is 6.92. The maximum Gasteiger partial charge on any atom is 0.315 e. The number of carbonyl (C=O) groups is 1. The van der Waals surface area contributed by atoms with Crippen LogP contribution < -0.4 is 10.6 Å². The highest BCUT2D eigenvalue weighted by Gasteiger charge is 2.19. The Bertz CT molecular complexity index is 912. The van der Waals surface area contributed by atoms with E-state index in [0.29, 0.717) is 13.1 Å². The highest BCUT2D eigenvalue weighted by atomic mass is 16.5. The van der Waals surface area contributed by atoms with Crippen LogP contribution in [0.15, 0.2) is 54.9 Å². The van der Waals surface area contributed by atoms with Crippen molar-refractivity contribution in [2.75, 3.05) is 13.2 Å². The molecular formula is C21H25N5O2. The van der Waals surface area contributed by atoms with Gasteiger partial charge in [-0.2, -0.15) is 5.10 Å². The summed E-state index contributed by atoms with van der Waals surface area (Å²) in [6.45, 7) is 3.68. The Hall–Kier alpha value is -3.06. The van der Waals surface area contributed by atoms with Gasteiger partial charge in [0.25, 0.3) is 0 Å². The van der Waals surface area contributed by atoms with Gasteiger partial charge < -0.3 is 19.9 Å². The van der Waals surface area contributed by atoms with Crippen LogP contribution in [0.4, 0.5) is 4.79 Å². The van der Waals surface area contributed by atoms with Crippen LogP contribution in [0.25, 0.3) is 11.5 Å². The lowest BCUT2D eigenvalue weighted by molar-refractivity contribution is 0.111. The Morgan fingerprint density at radius 1 is 1.18 bits per heavy atom. The van der Waals surface area contributed by atoms with Crippen molar-refractivity contribution in [3.05, 3.63) is 66.1 Å². The topological polar surface area (TPSA) is 73.1 Å². The summed E-state index contributed by atoms with van der Waals surface area (Å²) in [5, 5.41) is 10.6. The summed E-state index contributed by atoms with van der Waals surface area (Å²) < 4.78 is 9.48. The second-order valence-electron chi connectivity index (χ2n) is 6.92. The average molecular weight is 379 g/mol. The average Bonchev–Trinajstić information content (AvgIpc) is 3.47. The van der Waals surface area contributed by atoms with Gasteiger partial charge in [-0.25, -0.2) is 9.48 Å². The van der Waals surface area contributed by atoms with E-state index in [9.17, 15) is 4.79 Å². The van der Waals surface area contributed by atoms with E-state index >= 15 is 0 Å². The molecule has 0 radical (unpaired) electrons. The van der Waals surface area contributed by atoms with E-state index in [0.717, 1.165) is 42.2 Å². The Kier molecular flexibility index (Phi) is 5.43. The standard InChI is InChI=1S/C21H25N5O2/c1-16-19(15-23-21(27)22-14-18-10-7-13-28-18)20(25-11-5-6-12-25)26(24-16)17-8-3-2-4-9-17/h2-6,8-9,11-12,18H,7,10,13-15H2,1H3,(H2,22,23,27)/t18-/m0/s1. The van der Waals surface area contributed by atoms with Crippen LogP contribution in [0.3, 0.4) is 0 Å². The van der Waals surface area contributed by atoms with E-state index in [-0.39, 0.29) is 12.1 Å². The molecule has 0 bridgehead atoms. The first kappa shape index (κ1) is 18.3. The molecule has 28 heavy (non-hydrogen) atoms. The van der Waals surface area contributed by atoms with Gasteiger partial charge in [0.15, 0.2) is 0 Å². The fourth-order valence-corrected chi connectivity index (χ4v) is 3.49. The molecule has 0 saturated carbocycles. The van der Waals surface area contributed by atoms with Gasteiger partial charge in [-0.15, -0.1) is 0 Å². The van der Waals surface area contributed by atoms with Crippen LogP contribution in [0.1, 0.15) is 24.1 Å². The third-order valence-electron chi connectivity index (χ3n) is 4.95. The minimum atomic E-state index is -0.194. The number of hydrogen-bond donors (Lipinski definition) is 2. The van der Waals surface area contributed by atoms with Gasteiger partial charge in [-0.1, -0.05) is 18.2 Å². The molecule has 3 heterocycles. The monoisotopic (exact) mass is 379 g/mol. The van der Waals surface area contributed by atoms with Gasteiger partial charge >= 0.3 is 6.03 Å². The molecule has 1 fully saturated rings. The first-order valence-corrected chi connectivity index (χ1v) is 9.63. The smallest absolute Gasteiger partial charge is 0.315 e. The zero-order valence-corrected chi connectivity index (χ0v) is 16.0. The molecule has 0 spiro atoms. The number of aryl methyl sites for hydroxylation is 1. The quantitative estimate of drug-likeness (QED) is 0.692. The molecule has 3 aromatic rings. The minimum Gasteiger partial charge on any atom is -0.376 e. The van der Waals surface area contributed by atoms with Crippen molar-refractivity contribution in [3.8, 4) is 11.5 Å². The van der Waals surface area contributed by atoms with Crippen molar-refractivity contribution < 1.29 is 9.53 Å². The first-order valence-electron chi connectivity index (χ1n) is 9.63. The summed E-state index contributed by atoms with van der Waals surface area (Å²) in [7, 11) is 0. The van der Waals surface area contributed by atoms with Crippen molar-refractivity contribution >= 4 is 6.03 Å². The number of amides is 2. The molecule has 7 heteroatoms. The van der Waals surface area contributed by atoms with Crippen LogP contribution >= 0.6 is 0 Å². The summed E-state index contributed by atoms with van der Waals surface area (Å²) in [6.07, 6.45) is 6.16. The summed E-state index contributed by atoms with van der Waals surface area (Å²) in [5.74, 6) is 0.924. The molecule has 7 nitrogen and oxygen atoms in total. The van der Waals surface area contributed by atoms with Crippen molar-refractivity contribution in [2.45, 2.75) is 32.4 Å². The number of hydrogen-bond acceptors (Lipinski definition) is 3. The molecule has 1 aromatic carbocycles. The normalized spacial score (nSPS) is 16.2. The fourth-order valence-electron chi connectivity index (χ4n) is 3.49. The lowest BCUT2D eigenvalue weighted by Gasteiger charge is -2.13. The summed E-state index contributed by atoms with van der Waals surface area (Å²) in [4.78, 5) is 12.2. The minimum absolute atomic E-state index is 0.128. The zero-order chi connectivity index (χ0) is 19.3. The van der Waals surface area contributed by atoms with Crippen molar-refractivity contribution in [2.24, 2.45) is 0 Å². The largest absolute Gasteiger partial charge is 0.376 e. The number of rotatable bonds is 6. The molecular weight excluding hydrogens is 354 g/mol. The fraction of sp³-hybridized carbons (Fsp3) is 0.333. The number of benzene rings is 1. The maximum atomic E-state index is 12.2. The number of nitrogens with zero attached hydrogens (tertiary/aromatic N) is 3. The van der Waals surface area contributed by atoms with Gasteiger partial charge in [0.05, 0.1) is 24.0 Å². The SMILES string of the molecule is Cc1nn(-c2ccccc2)c(-n2cccc2)c1CNC(=O)NC[C@@H]1CCCO1. The van der Waals surface area contributed by atoms with Gasteiger partial charge in [0.2, 0.25) is 0 Å². The van der Waals surface area contributed by atoms with Crippen LogP contribution in [-0.2, 0) is 11.3 Å². The van der Waals surface area contributed by atoms with E-state index in [2.05, 4.69) is 10.6 Å². The van der Waals surface area contributed by atoms with E-state index in [1.807, 2.05) is 71.0 Å². The molecule has 2 N–H and O–H groups in total. The predicted molar refractivity (Wildman–Crippen MR) is 107 cm³/mol. The third kappa shape index (κ3) is 3.94. The van der Waals surface area contributed by atoms with Crippen molar-refractivity contribution in [3.63, 3.8) is 0 Å². The lowest BCUT2D eigenvalue weighted by Crippen LogP contribution is -2.39. The molecule has 0 aliphatic carbocycles. The second kappa shape index (κ2) is 8.31. The first-order chi connectivity index (χ1) is 13.7. The number of carbonyl (C=O) groups excluding carboxylic acids is 1. The van der Waals surface area contributed by atoms with Crippen molar-refractivity contribution in [1.82, 2.24) is 25.0 Å². The Balaban J connectivity index is 1.53. The van der Waals surface area contributed by atoms with Crippen LogP contribution in [0, 0.1) is 6.92 Å². The van der Waals surface area contributed by atoms with E-state index in [1.54, 1.807) is 0 Å². The number of nitrogens with one attached hydrogen (secondary N) is 2. The number of aromatic nitrogens is 3. The predicted octanol–water partition coefficient (Wildman–Crippen LogP) is 2.95. The zero-order valence-electron chi connectivity index (χ0n) is 16.0. The van der Waals surface area contributed by atoms with Crippen LogP contribution in [-0.4, -0.2) is 39.6 Å². The van der Waals surface area contributed by atoms with Gasteiger partial charge in [0.1, 0.15) is 5.82 Å². The van der Waals surface area contributed by atoms with Crippen LogP contribution in [0.2, 0.25) is 0 Å². The molecule has 2 amide bonds. The number of para-hydroxylation sites is 1. The van der Waals surface area contributed by atoms with Gasteiger partial charge in [-0.05, 0) is 44.0 Å². The number of urea groups is 1. The number of ether oxygens (including phenoxy) is 1. The van der Waals surface area contributed by atoms with Crippen LogP contribution in [0.5, 0.6) is 0 Å². The highest BCUT2D eigenvalue weighted by molar-refractivity contribution is 5.74. The maximum absolute atomic E-state index is 12.2. The third-order valence-corrected chi connectivity index (χ3v) is 4.95. The van der Waals surface area contributed by atoms with Crippen molar-refractivity contribution in [1.29, 1.82) is 0 Å². The van der Waals surface area contributed by atoms with E-state index in [4.69, 9.17) is 9.84 Å². The Labute approximate surface area is 164 Å². The molecule has 2 aromatic heterocycles. The molecule has 4 rings (SSSR count). The molecule has 1 saturated heterocycles. The molecule has 1 aliphatic rings. The Morgan fingerprint density at radius 3 is 2.68 bits per heavy atom. The molecule has 1 atom stereocenters.